The first-order valence-electron chi connectivity index (χ1n) is 6.43. The van der Waals surface area contributed by atoms with Crippen LogP contribution >= 0.6 is 31.9 Å². The lowest BCUT2D eigenvalue weighted by molar-refractivity contribution is 1.06. The van der Waals surface area contributed by atoms with Crippen LogP contribution in [0, 0.1) is 0 Å². The maximum Gasteiger partial charge on any atom is 0.232 e. The zero-order chi connectivity index (χ0) is 15.4. The Balaban J connectivity index is 1.78. The molecule has 110 valence electrons. The summed E-state index contributed by atoms with van der Waals surface area (Å²) in [5, 5.41) is 6.28. The van der Waals surface area contributed by atoms with Crippen LogP contribution in [0.2, 0.25) is 0 Å². The van der Waals surface area contributed by atoms with Gasteiger partial charge in [0.25, 0.3) is 0 Å². The summed E-state index contributed by atoms with van der Waals surface area (Å²) >= 11 is 6.86. The smallest absolute Gasteiger partial charge is 0.232 e. The molecule has 3 aromatic rings. The lowest BCUT2D eigenvalue weighted by atomic mass is 10.3. The average molecular weight is 421 g/mol. The Labute approximate surface area is 144 Å². The van der Waals surface area contributed by atoms with E-state index in [1.807, 2.05) is 48.5 Å². The number of rotatable bonds is 4. The largest absolute Gasteiger partial charge is 0.324 e. The Hall–Kier alpha value is -1.99. The molecule has 0 amide bonds. The Morgan fingerprint density at radius 3 is 1.68 bits per heavy atom. The molecular formula is C15H11Br2N5. The van der Waals surface area contributed by atoms with Crippen molar-refractivity contribution in [2.75, 3.05) is 10.6 Å². The van der Waals surface area contributed by atoms with Crippen molar-refractivity contribution in [3.63, 3.8) is 0 Å². The summed E-state index contributed by atoms with van der Waals surface area (Å²) in [5.41, 5.74) is 1.79. The number of aromatic nitrogens is 3. The van der Waals surface area contributed by atoms with Crippen LogP contribution in [0.3, 0.4) is 0 Å². The van der Waals surface area contributed by atoms with Gasteiger partial charge in [0.15, 0.2) is 0 Å². The van der Waals surface area contributed by atoms with Crippen LogP contribution in [0.1, 0.15) is 0 Å². The SMILES string of the molecule is Brc1cccc(Nc2ncnc(Nc3cccc(Br)c3)n2)c1. The van der Waals surface area contributed by atoms with E-state index in [1.54, 1.807) is 0 Å². The van der Waals surface area contributed by atoms with E-state index in [2.05, 4.69) is 57.4 Å². The van der Waals surface area contributed by atoms with Gasteiger partial charge in [-0.25, -0.2) is 9.97 Å². The van der Waals surface area contributed by atoms with Crippen LogP contribution in [0.25, 0.3) is 0 Å². The second-order valence-corrected chi connectivity index (χ2v) is 6.23. The molecule has 0 atom stereocenters. The van der Waals surface area contributed by atoms with Crippen molar-refractivity contribution in [1.29, 1.82) is 0 Å². The van der Waals surface area contributed by atoms with Crippen LogP contribution in [0.15, 0.2) is 63.8 Å². The third-order valence-electron chi connectivity index (χ3n) is 2.73. The van der Waals surface area contributed by atoms with Gasteiger partial charge in [0.2, 0.25) is 11.9 Å². The van der Waals surface area contributed by atoms with Crippen molar-refractivity contribution in [2.24, 2.45) is 0 Å². The van der Waals surface area contributed by atoms with Gasteiger partial charge in [0.1, 0.15) is 6.33 Å². The molecule has 1 aromatic heterocycles. The van der Waals surface area contributed by atoms with Crippen LogP contribution in [-0.2, 0) is 0 Å². The quantitative estimate of drug-likeness (QED) is 0.629. The molecule has 0 fully saturated rings. The second-order valence-electron chi connectivity index (χ2n) is 4.40. The normalized spacial score (nSPS) is 10.3. The summed E-state index contributed by atoms with van der Waals surface area (Å²) in [7, 11) is 0. The number of nitrogens with one attached hydrogen (secondary N) is 2. The van der Waals surface area contributed by atoms with Crippen molar-refractivity contribution < 1.29 is 0 Å². The van der Waals surface area contributed by atoms with E-state index in [4.69, 9.17) is 0 Å². The first-order valence-corrected chi connectivity index (χ1v) is 8.02. The predicted molar refractivity (Wildman–Crippen MR) is 94.7 cm³/mol. The van der Waals surface area contributed by atoms with Crippen LogP contribution < -0.4 is 10.6 Å². The van der Waals surface area contributed by atoms with Gasteiger partial charge in [-0.1, -0.05) is 44.0 Å². The molecule has 22 heavy (non-hydrogen) atoms. The summed E-state index contributed by atoms with van der Waals surface area (Å²) in [6.45, 7) is 0. The van der Waals surface area contributed by atoms with E-state index in [-0.39, 0.29) is 0 Å². The van der Waals surface area contributed by atoms with Crippen LogP contribution in [0.4, 0.5) is 23.3 Å². The predicted octanol–water partition coefficient (Wildman–Crippen LogP) is 4.88. The molecule has 3 rings (SSSR count). The van der Waals surface area contributed by atoms with E-state index in [0.29, 0.717) is 11.9 Å². The molecule has 2 N–H and O–H groups in total. The van der Waals surface area contributed by atoms with E-state index < -0.39 is 0 Å². The van der Waals surface area contributed by atoms with Crippen LogP contribution in [0.5, 0.6) is 0 Å². The molecule has 0 spiro atoms. The third kappa shape index (κ3) is 4.02. The Morgan fingerprint density at radius 1 is 0.727 bits per heavy atom. The van der Waals surface area contributed by atoms with Gasteiger partial charge in [-0.3, -0.25) is 0 Å². The van der Waals surface area contributed by atoms with Crippen molar-refractivity contribution in [2.45, 2.75) is 0 Å². The standard InChI is InChI=1S/C15H11Br2N5/c16-10-3-1-5-12(7-10)20-14-18-9-19-15(22-14)21-13-6-2-4-11(17)8-13/h1-9H,(H2,18,19,20,21,22). The van der Waals surface area contributed by atoms with E-state index in [1.165, 1.54) is 6.33 Å². The molecule has 2 aromatic carbocycles. The van der Waals surface area contributed by atoms with Crippen molar-refractivity contribution in [3.8, 4) is 0 Å². The molecule has 0 aliphatic heterocycles. The number of hydrogen-bond donors (Lipinski definition) is 2. The van der Waals surface area contributed by atoms with Gasteiger partial charge in [-0.2, -0.15) is 4.98 Å². The molecule has 0 unspecified atom stereocenters. The van der Waals surface area contributed by atoms with Crippen molar-refractivity contribution >= 4 is 55.1 Å². The van der Waals surface area contributed by atoms with Gasteiger partial charge < -0.3 is 10.6 Å². The zero-order valence-corrected chi connectivity index (χ0v) is 14.5. The Bertz CT molecular complexity index is 731. The Morgan fingerprint density at radius 2 is 1.23 bits per heavy atom. The third-order valence-corrected chi connectivity index (χ3v) is 3.72. The maximum atomic E-state index is 4.35. The molecule has 5 nitrogen and oxygen atoms in total. The summed E-state index contributed by atoms with van der Waals surface area (Å²) in [5.74, 6) is 0.955. The number of hydrogen-bond acceptors (Lipinski definition) is 5. The van der Waals surface area contributed by atoms with Crippen molar-refractivity contribution in [1.82, 2.24) is 15.0 Å². The van der Waals surface area contributed by atoms with Gasteiger partial charge in [0, 0.05) is 20.3 Å². The topological polar surface area (TPSA) is 62.7 Å². The summed E-state index contributed by atoms with van der Waals surface area (Å²) < 4.78 is 1.97. The number of nitrogens with zero attached hydrogens (tertiary/aromatic N) is 3. The van der Waals surface area contributed by atoms with Crippen LogP contribution in [-0.4, -0.2) is 15.0 Å². The highest BCUT2D eigenvalue weighted by Crippen LogP contribution is 2.20. The Kier molecular flexibility index (Phi) is 4.65. The second kappa shape index (κ2) is 6.85. The van der Waals surface area contributed by atoms with Crippen molar-refractivity contribution in [3.05, 3.63) is 63.8 Å². The lowest BCUT2D eigenvalue weighted by Gasteiger charge is -2.08. The van der Waals surface area contributed by atoms with Gasteiger partial charge in [0.05, 0.1) is 0 Å². The molecule has 0 radical (unpaired) electrons. The molecular weight excluding hydrogens is 410 g/mol. The monoisotopic (exact) mass is 419 g/mol. The number of anilines is 4. The van der Waals surface area contributed by atoms with Gasteiger partial charge in [-0.15, -0.1) is 0 Å². The van der Waals surface area contributed by atoms with E-state index in [0.717, 1.165) is 20.3 Å². The molecule has 0 aliphatic carbocycles. The molecule has 0 saturated heterocycles. The first-order chi connectivity index (χ1) is 10.7. The fraction of sp³-hybridized carbons (Fsp3) is 0. The highest BCUT2D eigenvalue weighted by atomic mass is 79.9. The number of benzene rings is 2. The molecule has 0 saturated carbocycles. The lowest BCUT2D eigenvalue weighted by Crippen LogP contribution is -2.02. The maximum absolute atomic E-state index is 4.35. The molecule has 0 bridgehead atoms. The minimum atomic E-state index is 0.477. The summed E-state index contributed by atoms with van der Waals surface area (Å²) in [6.07, 6.45) is 1.47. The van der Waals surface area contributed by atoms with E-state index >= 15 is 0 Å². The fourth-order valence-corrected chi connectivity index (χ4v) is 2.61. The highest BCUT2D eigenvalue weighted by molar-refractivity contribution is 9.10. The molecule has 1 heterocycles. The zero-order valence-electron chi connectivity index (χ0n) is 11.3. The van der Waals surface area contributed by atoms with Gasteiger partial charge >= 0.3 is 0 Å². The highest BCUT2D eigenvalue weighted by Gasteiger charge is 2.03. The molecule has 7 heteroatoms. The van der Waals surface area contributed by atoms with Gasteiger partial charge in [-0.05, 0) is 36.4 Å². The average Bonchev–Trinajstić information content (AvgIpc) is 2.47. The first kappa shape index (κ1) is 14.9. The van der Waals surface area contributed by atoms with E-state index in [9.17, 15) is 0 Å². The minimum absolute atomic E-state index is 0.477. The molecule has 0 aliphatic rings. The number of halogens is 2. The summed E-state index contributed by atoms with van der Waals surface area (Å²) in [6, 6.07) is 15.6. The minimum Gasteiger partial charge on any atom is -0.324 e. The fourth-order valence-electron chi connectivity index (χ4n) is 1.81. The summed E-state index contributed by atoms with van der Waals surface area (Å²) in [4.78, 5) is 12.6.